The Hall–Kier alpha value is -2.54. The first kappa shape index (κ1) is 18.5. The Bertz CT molecular complexity index is 1060. The molecule has 0 radical (unpaired) electrons. The molecule has 150 valence electrons. The second-order valence-electron chi connectivity index (χ2n) is 8.18. The molecule has 0 spiro atoms. The largest absolute Gasteiger partial charge is 0.369 e. The van der Waals surface area contributed by atoms with Crippen molar-refractivity contribution >= 4 is 33.3 Å². The number of nitrogens with zero attached hydrogens (tertiary/aromatic N) is 4. The lowest BCUT2D eigenvalue weighted by Crippen LogP contribution is -2.46. The smallest absolute Gasteiger partial charge is 0.222 e. The molecule has 1 amide bonds. The standard InChI is InChI=1S/C22H25N5OS/c1-13-8-9-15(19(23)28)12-27(13)21-18-16-6-2-3-7-17(16)29-22(18)26-20(25-21)14-5-4-10-24-11-14/h4-5,10-11,13,15H,2-3,6-9,12H2,1H3,(H2,23,28). The van der Waals surface area contributed by atoms with Gasteiger partial charge in [0.1, 0.15) is 10.6 Å². The van der Waals surface area contributed by atoms with Crippen molar-refractivity contribution in [2.24, 2.45) is 11.7 Å². The van der Waals surface area contributed by atoms with Crippen LogP contribution in [0.4, 0.5) is 5.82 Å². The lowest BCUT2D eigenvalue weighted by Gasteiger charge is -2.38. The van der Waals surface area contributed by atoms with Gasteiger partial charge < -0.3 is 10.6 Å². The highest BCUT2D eigenvalue weighted by atomic mass is 32.1. The van der Waals surface area contributed by atoms with Gasteiger partial charge >= 0.3 is 0 Å². The van der Waals surface area contributed by atoms with Gasteiger partial charge in [-0.25, -0.2) is 9.97 Å². The summed E-state index contributed by atoms with van der Waals surface area (Å²) in [6.07, 6.45) is 10.0. The quantitative estimate of drug-likeness (QED) is 0.715. The first-order valence-electron chi connectivity index (χ1n) is 10.4. The van der Waals surface area contributed by atoms with Gasteiger partial charge in [0.2, 0.25) is 5.91 Å². The Kier molecular flexibility index (Phi) is 4.70. The minimum absolute atomic E-state index is 0.132. The third-order valence-electron chi connectivity index (χ3n) is 6.27. The summed E-state index contributed by atoms with van der Waals surface area (Å²) >= 11 is 1.81. The monoisotopic (exact) mass is 407 g/mol. The van der Waals surface area contributed by atoms with E-state index in [2.05, 4.69) is 16.8 Å². The van der Waals surface area contributed by atoms with Crippen molar-refractivity contribution in [2.45, 2.75) is 51.5 Å². The van der Waals surface area contributed by atoms with Crippen molar-refractivity contribution < 1.29 is 4.79 Å². The number of hydrogen-bond acceptors (Lipinski definition) is 6. The third kappa shape index (κ3) is 3.27. The summed E-state index contributed by atoms with van der Waals surface area (Å²) in [7, 11) is 0. The summed E-state index contributed by atoms with van der Waals surface area (Å²) in [5, 5.41) is 1.19. The number of carbonyl (C=O) groups excluding carboxylic acids is 1. The van der Waals surface area contributed by atoms with Crippen LogP contribution in [0.3, 0.4) is 0 Å². The molecule has 2 atom stereocenters. The molecule has 2 unspecified atom stereocenters. The van der Waals surface area contributed by atoms with Gasteiger partial charge in [-0.1, -0.05) is 0 Å². The number of rotatable bonds is 3. The number of aryl methyl sites for hydroxylation is 2. The van der Waals surface area contributed by atoms with E-state index < -0.39 is 0 Å². The highest BCUT2D eigenvalue weighted by molar-refractivity contribution is 7.19. The second-order valence-corrected chi connectivity index (χ2v) is 9.27. The summed E-state index contributed by atoms with van der Waals surface area (Å²) < 4.78 is 0. The van der Waals surface area contributed by atoms with Gasteiger partial charge in [-0.15, -0.1) is 11.3 Å². The zero-order valence-electron chi connectivity index (χ0n) is 16.6. The molecule has 5 rings (SSSR count). The molecule has 1 fully saturated rings. The van der Waals surface area contributed by atoms with Crippen molar-refractivity contribution in [3.05, 3.63) is 35.0 Å². The molecule has 1 aliphatic heterocycles. The first-order chi connectivity index (χ1) is 14.1. The van der Waals surface area contributed by atoms with Gasteiger partial charge in [-0.05, 0) is 63.1 Å². The van der Waals surface area contributed by atoms with E-state index in [0.29, 0.717) is 18.4 Å². The maximum atomic E-state index is 11.9. The molecule has 3 aromatic heterocycles. The maximum Gasteiger partial charge on any atom is 0.222 e. The number of fused-ring (bicyclic) bond motifs is 3. The van der Waals surface area contributed by atoms with E-state index in [9.17, 15) is 4.79 Å². The molecule has 3 aromatic rings. The van der Waals surface area contributed by atoms with Gasteiger partial charge in [0.25, 0.3) is 0 Å². The van der Waals surface area contributed by atoms with Gasteiger partial charge in [0, 0.05) is 35.4 Å². The molecule has 0 saturated carbocycles. The van der Waals surface area contributed by atoms with Crippen LogP contribution in [-0.2, 0) is 17.6 Å². The Labute approximate surface area is 174 Å². The zero-order chi connectivity index (χ0) is 20.0. The minimum Gasteiger partial charge on any atom is -0.369 e. The highest BCUT2D eigenvalue weighted by Gasteiger charge is 2.32. The number of amides is 1. The van der Waals surface area contributed by atoms with E-state index in [1.165, 1.54) is 28.7 Å². The molecule has 2 aliphatic rings. The molecule has 0 bridgehead atoms. The topological polar surface area (TPSA) is 85.0 Å². The average Bonchev–Trinajstić information content (AvgIpc) is 3.12. The molecular formula is C22H25N5OS. The SMILES string of the molecule is CC1CCC(C(N)=O)CN1c1nc(-c2cccnc2)nc2sc3c(c12)CCCC3. The number of primary amides is 1. The fraction of sp³-hybridized carbons (Fsp3) is 0.455. The van der Waals surface area contributed by atoms with Crippen molar-refractivity contribution in [3.63, 3.8) is 0 Å². The average molecular weight is 408 g/mol. The Morgan fingerprint density at radius 3 is 2.90 bits per heavy atom. The summed E-state index contributed by atoms with van der Waals surface area (Å²) in [4.78, 5) is 31.0. The van der Waals surface area contributed by atoms with Crippen LogP contribution in [0.2, 0.25) is 0 Å². The Morgan fingerprint density at radius 1 is 1.24 bits per heavy atom. The number of anilines is 1. The van der Waals surface area contributed by atoms with E-state index in [1.807, 2.05) is 18.3 Å². The van der Waals surface area contributed by atoms with Crippen LogP contribution in [0.25, 0.3) is 21.6 Å². The van der Waals surface area contributed by atoms with Crippen LogP contribution >= 0.6 is 11.3 Å². The second kappa shape index (κ2) is 7.37. The highest BCUT2D eigenvalue weighted by Crippen LogP contribution is 2.42. The Balaban J connectivity index is 1.71. The van der Waals surface area contributed by atoms with Crippen LogP contribution in [0.15, 0.2) is 24.5 Å². The maximum absolute atomic E-state index is 11.9. The van der Waals surface area contributed by atoms with Crippen LogP contribution in [0, 0.1) is 5.92 Å². The number of piperidine rings is 1. The zero-order valence-corrected chi connectivity index (χ0v) is 17.4. The predicted octanol–water partition coefficient (Wildman–Crippen LogP) is 3.72. The first-order valence-corrected chi connectivity index (χ1v) is 11.2. The van der Waals surface area contributed by atoms with E-state index in [-0.39, 0.29) is 11.8 Å². The normalized spacial score (nSPS) is 21.9. The lowest BCUT2D eigenvalue weighted by molar-refractivity contribution is -0.122. The fourth-order valence-corrected chi connectivity index (χ4v) is 5.86. The van der Waals surface area contributed by atoms with Crippen LogP contribution in [0.5, 0.6) is 0 Å². The summed E-state index contributed by atoms with van der Waals surface area (Å²) in [6, 6.07) is 4.22. The molecule has 2 N–H and O–H groups in total. The van der Waals surface area contributed by atoms with Crippen molar-refractivity contribution in [3.8, 4) is 11.4 Å². The van der Waals surface area contributed by atoms with Gasteiger partial charge in [0.05, 0.1) is 11.3 Å². The number of thiophene rings is 1. The third-order valence-corrected chi connectivity index (χ3v) is 7.46. The minimum atomic E-state index is -0.216. The molecule has 6 nitrogen and oxygen atoms in total. The number of hydrogen-bond donors (Lipinski definition) is 1. The van der Waals surface area contributed by atoms with Gasteiger partial charge in [-0.3, -0.25) is 9.78 Å². The van der Waals surface area contributed by atoms with Crippen LogP contribution in [0.1, 0.15) is 43.0 Å². The van der Waals surface area contributed by atoms with Gasteiger partial charge in [-0.2, -0.15) is 0 Å². The molecule has 1 saturated heterocycles. The lowest BCUT2D eigenvalue weighted by atomic mass is 9.92. The number of nitrogens with two attached hydrogens (primary N) is 1. The van der Waals surface area contributed by atoms with E-state index >= 15 is 0 Å². The molecular weight excluding hydrogens is 382 g/mol. The van der Waals surface area contributed by atoms with E-state index in [4.69, 9.17) is 15.7 Å². The van der Waals surface area contributed by atoms with E-state index in [1.54, 1.807) is 17.5 Å². The molecule has 0 aromatic carbocycles. The predicted molar refractivity (Wildman–Crippen MR) is 116 cm³/mol. The van der Waals surface area contributed by atoms with Crippen molar-refractivity contribution in [1.29, 1.82) is 0 Å². The number of aromatic nitrogens is 3. The summed E-state index contributed by atoms with van der Waals surface area (Å²) in [6.45, 7) is 2.84. The van der Waals surface area contributed by atoms with E-state index in [0.717, 1.165) is 41.9 Å². The van der Waals surface area contributed by atoms with Crippen LogP contribution < -0.4 is 10.6 Å². The number of pyridine rings is 1. The summed E-state index contributed by atoms with van der Waals surface area (Å²) in [5.74, 6) is 1.32. The van der Waals surface area contributed by atoms with Crippen molar-refractivity contribution in [2.75, 3.05) is 11.4 Å². The van der Waals surface area contributed by atoms with Crippen LogP contribution in [-0.4, -0.2) is 33.4 Å². The molecule has 7 heteroatoms. The molecule has 29 heavy (non-hydrogen) atoms. The number of carbonyl (C=O) groups is 1. The molecule has 4 heterocycles. The summed E-state index contributed by atoms with van der Waals surface area (Å²) in [5.41, 5.74) is 8.00. The molecule has 1 aliphatic carbocycles. The van der Waals surface area contributed by atoms with Gasteiger partial charge in [0.15, 0.2) is 5.82 Å². The van der Waals surface area contributed by atoms with Crippen molar-refractivity contribution in [1.82, 2.24) is 15.0 Å². The fourth-order valence-electron chi connectivity index (χ4n) is 4.60. The Morgan fingerprint density at radius 2 is 2.10 bits per heavy atom.